The number of aryl methyl sites for hydroxylation is 1. The number of halogens is 2. The highest BCUT2D eigenvalue weighted by Gasteiger charge is 2.50. The average Bonchev–Trinajstić information content (AvgIpc) is 3.19. The van der Waals surface area contributed by atoms with E-state index in [0.717, 1.165) is 5.56 Å². The van der Waals surface area contributed by atoms with Gasteiger partial charge in [0.2, 0.25) is 21.9 Å². The molecule has 1 aromatic rings. The average molecular weight is 414 g/mol. The summed E-state index contributed by atoms with van der Waals surface area (Å²) in [5, 5.41) is 2.75. The fraction of sp³-hybridized carbons (Fsp3) is 0.632. The van der Waals surface area contributed by atoms with E-state index in [1.807, 2.05) is 6.92 Å². The van der Waals surface area contributed by atoms with Crippen LogP contribution >= 0.6 is 0 Å². The highest BCUT2D eigenvalue weighted by Crippen LogP contribution is 2.42. The molecular weight excluding hydrogens is 390 g/mol. The van der Waals surface area contributed by atoms with Crippen molar-refractivity contribution in [2.45, 2.75) is 36.7 Å². The van der Waals surface area contributed by atoms with Crippen LogP contribution in [0, 0.1) is 24.7 Å². The van der Waals surface area contributed by atoms with Gasteiger partial charge in [0.15, 0.2) is 0 Å². The van der Waals surface area contributed by atoms with Gasteiger partial charge in [-0.05, 0) is 19.1 Å². The Morgan fingerprint density at radius 2 is 1.93 bits per heavy atom. The Balaban J connectivity index is 1.35. The van der Waals surface area contributed by atoms with E-state index < -0.39 is 34.7 Å². The number of nitrogens with one attached hydrogen (secondary N) is 1. The monoisotopic (exact) mass is 414 g/mol. The smallest absolute Gasteiger partial charge is 0.249 e. The molecule has 0 bridgehead atoms. The second kappa shape index (κ2) is 7.03. The van der Waals surface area contributed by atoms with E-state index in [2.05, 4.69) is 5.32 Å². The number of hydrogen-bond acceptors (Lipinski definition) is 4. The molecule has 1 aromatic carbocycles. The lowest BCUT2D eigenvalue weighted by atomic mass is 9.80. The molecule has 0 aromatic heterocycles. The number of sulfonamides is 1. The third-order valence-electron chi connectivity index (χ3n) is 6.06. The van der Waals surface area contributed by atoms with Crippen LogP contribution in [0.4, 0.5) is 8.78 Å². The zero-order valence-electron chi connectivity index (χ0n) is 15.6. The van der Waals surface area contributed by atoms with E-state index in [-0.39, 0.29) is 28.7 Å². The van der Waals surface area contributed by atoms with E-state index in [9.17, 15) is 22.0 Å². The number of nitrogens with zero attached hydrogens (tertiary/aromatic N) is 1. The largest absolute Gasteiger partial charge is 0.376 e. The van der Waals surface area contributed by atoms with Crippen molar-refractivity contribution < 1.29 is 26.7 Å². The summed E-state index contributed by atoms with van der Waals surface area (Å²) >= 11 is 0. The number of carbonyl (C=O) groups excluding carboxylic acids is 1. The molecule has 2 aliphatic heterocycles. The van der Waals surface area contributed by atoms with Gasteiger partial charge in [0.25, 0.3) is 0 Å². The molecule has 1 saturated carbocycles. The van der Waals surface area contributed by atoms with Crippen molar-refractivity contribution >= 4 is 15.9 Å². The maximum atomic E-state index is 12.9. The van der Waals surface area contributed by atoms with Gasteiger partial charge in [-0.2, -0.15) is 4.31 Å². The predicted octanol–water partition coefficient (Wildman–Crippen LogP) is 1.79. The molecule has 3 aliphatic rings. The minimum Gasteiger partial charge on any atom is -0.376 e. The van der Waals surface area contributed by atoms with Crippen molar-refractivity contribution in [1.82, 2.24) is 9.62 Å². The second-order valence-electron chi connectivity index (χ2n) is 8.14. The number of benzene rings is 1. The lowest BCUT2D eigenvalue weighted by molar-refractivity contribution is -0.150. The van der Waals surface area contributed by atoms with Gasteiger partial charge in [-0.15, -0.1) is 0 Å². The van der Waals surface area contributed by atoms with Crippen molar-refractivity contribution in [3.8, 4) is 0 Å². The van der Waals surface area contributed by atoms with Gasteiger partial charge in [0.1, 0.15) is 0 Å². The Kier molecular flexibility index (Phi) is 4.96. The third-order valence-corrected chi connectivity index (χ3v) is 7.91. The number of fused-ring (bicyclic) bond motifs is 1. The van der Waals surface area contributed by atoms with Crippen LogP contribution < -0.4 is 5.32 Å². The molecule has 3 atom stereocenters. The first kappa shape index (κ1) is 19.7. The summed E-state index contributed by atoms with van der Waals surface area (Å²) in [5.41, 5.74) is 0.987. The summed E-state index contributed by atoms with van der Waals surface area (Å²) in [7, 11) is -3.59. The van der Waals surface area contributed by atoms with Crippen LogP contribution in [-0.2, 0) is 19.6 Å². The Morgan fingerprint density at radius 3 is 2.57 bits per heavy atom. The van der Waals surface area contributed by atoms with Crippen molar-refractivity contribution in [1.29, 1.82) is 0 Å². The van der Waals surface area contributed by atoms with Crippen LogP contribution in [0.15, 0.2) is 29.2 Å². The number of ether oxygens (including phenoxy) is 1. The molecule has 1 amide bonds. The maximum Gasteiger partial charge on any atom is 0.249 e. The Labute approximate surface area is 163 Å². The van der Waals surface area contributed by atoms with Crippen LogP contribution in [-0.4, -0.2) is 56.9 Å². The quantitative estimate of drug-likeness (QED) is 0.797. The minimum atomic E-state index is -3.59. The van der Waals surface area contributed by atoms with Crippen molar-refractivity contribution in [2.75, 3.05) is 26.2 Å². The SMILES string of the molecule is Cc1ccc(S(=O)(=O)N2C[C@@H]3[C@@H](CNC(=O)C4CC(F)(F)C4)CO[C@@H]3C2)cc1. The number of rotatable bonds is 5. The van der Waals surface area contributed by atoms with E-state index in [1.165, 1.54) is 4.31 Å². The molecule has 1 aliphatic carbocycles. The lowest BCUT2D eigenvalue weighted by Crippen LogP contribution is -2.46. The zero-order valence-corrected chi connectivity index (χ0v) is 16.4. The summed E-state index contributed by atoms with van der Waals surface area (Å²) < 4.78 is 58.8. The molecule has 2 heterocycles. The minimum absolute atomic E-state index is 0.0108. The lowest BCUT2D eigenvalue weighted by Gasteiger charge is -2.34. The molecule has 28 heavy (non-hydrogen) atoms. The fourth-order valence-electron chi connectivity index (χ4n) is 4.25. The third kappa shape index (κ3) is 3.67. The van der Waals surface area contributed by atoms with E-state index >= 15 is 0 Å². The zero-order chi connectivity index (χ0) is 20.1. The molecule has 1 N–H and O–H groups in total. The topological polar surface area (TPSA) is 75.7 Å². The highest BCUT2D eigenvalue weighted by molar-refractivity contribution is 7.89. The first-order valence-electron chi connectivity index (χ1n) is 9.50. The number of carbonyl (C=O) groups is 1. The standard InChI is InChI=1S/C19H24F2N2O4S/c1-12-2-4-15(5-3-12)28(25,26)23-9-16-14(11-27-17(16)10-23)8-22-18(24)13-6-19(20,21)7-13/h2-5,13-14,16-17H,6-11H2,1H3,(H,22,24)/t14-,16+,17+/m0/s1. The van der Waals surface area contributed by atoms with E-state index in [4.69, 9.17) is 4.74 Å². The molecule has 6 nitrogen and oxygen atoms in total. The van der Waals surface area contributed by atoms with Crippen molar-refractivity contribution in [2.24, 2.45) is 17.8 Å². The molecule has 9 heteroatoms. The molecule has 154 valence electrons. The first-order chi connectivity index (χ1) is 13.2. The summed E-state index contributed by atoms with van der Waals surface area (Å²) in [6.45, 7) is 3.28. The maximum absolute atomic E-state index is 12.9. The van der Waals surface area contributed by atoms with Crippen LogP contribution in [0.2, 0.25) is 0 Å². The van der Waals surface area contributed by atoms with Gasteiger partial charge < -0.3 is 10.1 Å². The van der Waals surface area contributed by atoms with Gasteiger partial charge in [-0.3, -0.25) is 4.79 Å². The molecule has 0 spiro atoms. The Morgan fingerprint density at radius 1 is 1.25 bits per heavy atom. The number of amides is 1. The van der Waals surface area contributed by atoms with Crippen LogP contribution in [0.25, 0.3) is 0 Å². The summed E-state index contributed by atoms with van der Waals surface area (Å²) in [6.07, 6.45) is -0.987. The predicted molar refractivity (Wildman–Crippen MR) is 97.3 cm³/mol. The van der Waals surface area contributed by atoms with Gasteiger partial charge in [-0.1, -0.05) is 17.7 Å². The van der Waals surface area contributed by atoms with Gasteiger partial charge in [0, 0.05) is 50.2 Å². The number of hydrogen-bond donors (Lipinski definition) is 1. The Hall–Kier alpha value is -1.58. The van der Waals surface area contributed by atoms with Gasteiger partial charge >= 0.3 is 0 Å². The van der Waals surface area contributed by atoms with Gasteiger partial charge in [-0.25, -0.2) is 17.2 Å². The van der Waals surface area contributed by atoms with E-state index in [0.29, 0.717) is 26.2 Å². The number of alkyl halides is 2. The van der Waals surface area contributed by atoms with Crippen LogP contribution in [0.1, 0.15) is 18.4 Å². The molecule has 3 fully saturated rings. The summed E-state index contributed by atoms with van der Waals surface area (Å²) in [6, 6.07) is 6.74. The second-order valence-corrected chi connectivity index (χ2v) is 10.1. The summed E-state index contributed by atoms with van der Waals surface area (Å²) in [4.78, 5) is 12.3. The molecule has 2 saturated heterocycles. The normalized spacial score (nSPS) is 30.0. The summed E-state index contributed by atoms with van der Waals surface area (Å²) in [5.74, 6) is -3.73. The first-order valence-corrected chi connectivity index (χ1v) is 10.9. The molecular formula is C19H24F2N2O4S. The van der Waals surface area contributed by atoms with Crippen LogP contribution in [0.5, 0.6) is 0 Å². The molecule has 0 unspecified atom stereocenters. The van der Waals surface area contributed by atoms with E-state index in [1.54, 1.807) is 24.3 Å². The fourth-order valence-corrected chi connectivity index (χ4v) is 5.74. The highest BCUT2D eigenvalue weighted by atomic mass is 32.2. The van der Waals surface area contributed by atoms with Crippen molar-refractivity contribution in [3.05, 3.63) is 29.8 Å². The van der Waals surface area contributed by atoms with Crippen molar-refractivity contribution in [3.63, 3.8) is 0 Å². The Bertz CT molecular complexity index is 851. The van der Waals surface area contributed by atoms with Crippen LogP contribution in [0.3, 0.4) is 0 Å². The molecule has 0 radical (unpaired) electrons. The molecule has 4 rings (SSSR count). The van der Waals surface area contributed by atoms with Gasteiger partial charge in [0.05, 0.1) is 17.6 Å².